The molecule has 138 valence electrons. The monoisotopic (exact) mass is 357 g/mol. The smallest absolute Gasteiger partial charge is 0.244 e. The molecule has 1 amide bonds. The zero-order chi connectivity index (χ0) is 18.9. The van der Waals surface area contributed by atoms with Crippen molar-refractivity contribution in [2.75, 3.05) is 27.9 Å². The van der Waals surface area contributed by atoms with Crippen molar-refractivity contribution < 1.29 is 24.1 Å². The van der Waals surface area contributed by atoms with Crippen LogP contribution in [0.4, 0.5) is 0 Å². The third kappa shape index (κ3) is 5.17. The van der Waals surface area contributed by atoms with E-state index in [2.05, 4.69) is 5.32 Å². The third-order valence-corrected chi connectivity index (χ3v) is 3.79. The third-order valence-electron chi connectivity index (χ3n) is 3.79. The molecule has 0 aliphatic heterocycles. The maximum Gasteiger partial charge on any atom is 0.244 e. The summed E-state index contributed by atoms with van der Waals surface area (Å²) in [7, 11) is 4.64. The minimum atomic E-state index is -0.189. The standard InChI is InChI=1S/C20H23NO5/c1-24-17-8-5-14(13-19(17)26-3)6-9-20(23)21-11-10-15-4-7-16(22)18(12-15)25-2/h4-9,12-13,22H,10-11H2,1-3H3,(H,21,23). The number of phenolic OH excluding ortho intramolecular Hbond substituents is 1. The Balaban J connectivity index is 1.88. The molecule has 0 saturated carbocycles. The van der Waals surface area contributed by atoms with Crippen LogP contribution in [-0.2, 0) is 11.2 Å². The van der Waals surface area contributed by atoms with Crippen molar-refractivity contribution in [1.29, 1.82) is 0 Å². The molecule has 0 aliphatic carbocycles. The second-order valence-corrected chi connectivity index (χ2v) is 5.49. The molecule has 0 aliphatic rings. The first kappa shape index (κ1) is 19.2. The molecule has 26 heavy (non-hydrogen) atoms. The van der Waals surface area contributed by atoms with Gasteiger partial charge >= 0.3 is 0 Å². The number of carbonyl (C=O) groups excluding carboxylic acids is 1. The highest BCUT2D eigenvalue weighted by molar-refractivity contribution is 5.91. The quantitative estimate of drug-likeness (QED) is 0.711. The summed E-state index contributed by atoms with van der Waals surface area (Å²) in [6.07, 6.45) is 3.81. The Kier molecular flexibility index (Phi) is 6.91. The summed E-state index contributed by atoms with van der Waals surface area (Å²) in [6.45, 7) is 0.475. The fraction of sp³-hybridized carbons (Fsp3) is 0.250. The summed E-state index contributed by atoms with van der Waals surface area (Å²) in [5.74, 6) is 1.57. The number of methoxy groups -OCH3 is 3. The Bertz CT molecular complexity index is 786. The number of amides is 1. The van der Waals surface area contributed by atoms with Gasteiger partial charge in [0, 0.05) is 12.6 Å². The molecule has 0 aromatic heterocycles. The van der Waals surface area contributed by atoms with Gasteiger partial charge in [-0.1, -0.05) is 12.1 Å². The lowest BCUT2D eigenvalue weighted by molar-refractivity contribution is -0.116. The van der Waals surface area contributed by atoms with Crippen molar-refractivity contribution in [3.63, 3.8) is 0 Å². The van der Waals surface area contributed by atoms with E-state index in [-0.39, 0.29) is 11.7 Å². The summed E-state index contributed by atoms with van der Waals surface area (Å²) in [6, 6.07) is 10.5. The predicted molar refractivity (Wildman–Crippen MR) is 100.0 cm³/mol. The lowest BCUT2D eigenvalue weighted by Gasteiger charge is -2.08. The van der Waals surface area contributed by atoms with Crippen molar-refractivity contribution in [3.8, 4) is 23.0 Å². The van der Waals surface area contributed by atoms with E-state index >= 15 is 0 Å². The molecule has 0 unspecified atom stereocenters. The molecule has 0 saturated heterocycles. The van der Waals surface area contributed by atoms with Gasteiger partial charge in [-0.2, -0.15) is 0 Å². The van der Waals surface area contributed by atoms with Gasteiger partial charge in [0.25, 0.3) is 0 Å². The van der Waals surface area contributed by atoms with Crippen LogP contribution in [0.5, 0.6) is 23.0 Å². The largest absolute Gasteiger partial charge is 0.504 e. The van der Waals surface area contributed by atoms with Gasteiger partial charge in [-0.15, -0.1) is 0 Å². The average molecular weight is 357 g/mol. The van der Waals surface area contributed by atoms with E-state index in [1.54, 1.807) is 50.6 Å². The maximum absolute atomic E-state index is 11.9. The summed E-state index contributed by atoms with van der Waals surface area (Å²) < 4.78 is 15.5. The summed E-state index contributed by atoms with van der Waals surface area (Å²) >= 11 is 0. The summed E-state index contributed by atoms with van der Waals surface area (Å²) in [5, 5.41) is 12.4. The fourth-order valence-corrected chi connectivity index (χ4v) is 2.39. The minimum absolute atomic E-state index is 0.0955. The van der Waals surface area contributed by atoms with Crippen LogP contribution in [0.2, 0.25) is 0 Å². The van der Waals surface area contributed by atoms with Crippen LogP contribution in [0.1, 0.15) is 11.1 Å². The topological polar surface area (TPSA) is 77.0 Å². The van der Waals surface area contributed by atoms with Gasteiger partial charge < -0.3 is 24.6 Å². The van der Waals surface area contributed by atoms with Gasteiger partial charge in [0.15, 0.2) is 23.0 Å². The van der Waals surface area contributed by atoms with Crippen molar-refractivity contribution >= 4 is 12.0 Å². The number of nitrogens with one attached hydrogen (secondary N) is 1. The fourth-order valence-electron chi connectivity index (χ4n) is 2.39. The van der Waals surface area contributed by atoms with Crippen LogP contribution in [0, 0.1) is 0 Å². The van der Waals surface area contributed by atoms with Crippen LogP contribution in [0.15, 0.2) is 42.5 Å². The lowest BCUT2D eigenvalue weighted by Crippen LogP contribution is -2.23. The van der Waals surface area contributed by atoms with Crippen LogP contribution in [-0.4, -0.2) is 38.9 Å². The molecular weight excluding hydrogens is 334 g/mol. The molecule has 2 rings (SSSR count). The van der Waals surface area contributed by atoms with Crippen LogP contribution >= 0.6 is 0 Å². The van der Waals surface area contributed by atoms with E-state index < -0.39 is 0 Å². The zero-order valence-corrected chi connectivity index (χ0v) is 15.1. The van der Waals surface area contributed by atoms with Gasteiger partial charge in [-0.05, 0) is 47.9 Å². The van der Waals surface area contributed by atoms with Crippen molar-refractivity contribution in [2.45, 2.75) is 6.42 Å². The number of aromatic hydroxyl groups is 1. The van der Waals surface area contributed by atoms with Crippen molar-refractivity contribution in [2.24, 2.45) is 0 Å². The molecular formula is C20H23NO5. The molecule has 2 aromatic carbocycles. The van der Waals surface area contributed by atoms with E-state index in [1.807, 2.05) is 6.07 Å². The first-order chi connectivity index (χ1) is 12.6. The highest BCUT2D eigenvalue weighted by atomic mass is 16.5. The predicted octanol–water partition coefficient (Wildman–Crippen LogP) is 2.79. The Morgan fingerprint density at radius 1 is 1.00 bits per heavy atom. The summed E-state index contributed by atoms with van der Waals surface area (Å²) in [5.41, 5.74) is 1.80. The highest BCUT2D eigenvalue weighted by Crippen LogP contribution is 2.28. The number of hydrogen-bond donors (Lipinski definition) is 2. The number of ether oxygens (including phenoxy) is 3. The maximum atomic E-state index is 11.9. The van der Waals surface area contributed by atoms with Gasteiger partial charge in [0.1, 0.15) is 0 Å². The van der Waals surface area contributed by atoms with Crippen LogP contribution in [0.3, 0.4) is 0 Å². The minimum Gasteiger partial charge on any atom is -0.504 e. The van der Waals surface area contributed by atoms with Gasteiger partial charge in [-0.3, -0.25) is 4.79 Å². The molecule has 2 N–H and O–H groups in total. The second-order valence-electron chi connectivity index (χ2n) is 5.49. The number of hydrogen-bond acceptors (Lipinski definition) is 5. The molecule has 0 spiro atoms. The molecule has 0 fully saturated rings. The molecule has 0 heterocycles. The normalized spacial score (nSPS) is 10.6. The zero-order valence-electron chi connectivity index (χ0n) is 15.1. The van der Waals surface area contributed by atoms with E-state index in [0.29, 0.717) is 30.2 Å². The molecule has 0 bridgehead atoms. The lowest BCUT2D eigenvalue weighted by atomic mass is 10.1. The van der Waals surface area contributed by atoms with Gasteiger partial charge in [0.05, 0.1) is 21.3 Å². The Morgan fingerprint density at radius 2 is 1.73 bits per heavy atom. The molecule has 6 heteroatoms. The molecule has 0 atom stereocenters. The highest BCUT2D eigenvalue weighted by Gasteiger charge is 2.04. The number of rotatable bonds is 8. The average Bonchev–Trinajstić information content (AvgIpc) is 2.67. The summed E-state index contributed by atoms with van der Waals surface area (Å²) in [4.78, 5) is 11.9. The molecule has 0 radical (unpaired) electrons. The van der Waals surface area contributed by atoms with Crippen molar-refractivity contribution in [1.82, 2.24) is 5.32 Å². The van der Waals surface area contributed by atoms with E-state index in [4.69, 9.17) is 14.2 Å². The van der Waals surface area contributed by atoms with Gasteiger partial charge in [0.2, 0.25) is 5.91 Å². The van der Waals surface area contributed by atoms with Crippen LogP contribution in [0.25, 0.3) is 6.08 Å². The molecule has 6 nitrogen and oxygen atoms in total. The first-order valence-corrected chi connectivity index (χ1v) is 8.11. The van der Waals surface area contributed by atoms with Crippen LogP contribution < -0.4 is 19.5 Å². The Hall–Kier alpha value is -3.15. The SMILES string of the molecule is COc1cc(CCNC(=O)C=Cc2ccc(OC)c(OC)c2)ccc1O. The van der Waals surface area contributed by atoms with Gasteiger partial charge in [-0.25, -0.2) is 0 Å². The Labute approximate surface area is 153 Å². The van der Waals surface area contributed by atoms with E-state index in [9.17, 15) is 9.90 Å². The van der Waals surface area contributed by atoms with Crippen molar-refractivity contribution in [3.05, 3.63) is 53.6 Å². The second kappa shape index (κ2) is 9.36. The number of carbonyl (C=O) groups is 1. The molecule has 2 aromatic rings. The van der Waals surface area contributed by atoms with E-state index in [0.717, 1.165) is 11.1 Å². The Morgan fingerprint density at radius 3 is 2.42 bits per heavy atom. The van der Waals surface area contributed by atoms with E-state index in [1.165, 1.54) is 13.2 Å². The number of phenols is 1. The first-order valence-electron chi connectivity index (χ1n) is 8.11. The number of benzene rings is 2.